The molecule has 0 saturated carbocycles. The van der Waals surface area contributed by atoms with Gasteiger partial charge in [0.05, 0.1) is 6.61 Å². The van der Waals surface area contributed by atoms with Gasteiger partial charge in [0.15, 0.2) is 0 Å². The Balaban J connectivity index is 2.10. The van der Waals surface area contributed by atoms with Crippen molar-refractivity contribution >= 4 is 5.97 Å². The fourth-order valence-corrected chi connectivity index (χ4v) is 5.63. The van der Waals surface area contributed by atoms with Crippen LogP contribution in [0, 0.1) is 0 Å². The number of carbonyl (C=O) groups is 1. The largest absolute Gasteiger partial charge is 0.466 e. The molecular formula is C29H57NO2. The van der Waals surface area contributed by atoms with E-state index in [0.29, 0.717) is 18.6 Å². The number of ether oxygens (including phenoxy) is 1. The lowest BCUT2D eigenvalue weighted by molar-refractivity contribution is -0.143. The Morgan fingerprint density at radius 2 is 1.25 bits per heavy atom. The molecule has 3 heteroatoms. The summed E-state index contributed by atoms with van der Waals surface area (Å²) < 4.78 is 5.49. The van der Waals surface area contributed by atoms with Gasteiger partial charge in [-0.25, -0.2) is 0 Å². The summed E-state index contributed by atoms with van der Waals surface area (Å²) in [5.41, 5.74) is 0.418. The Labute approximate surface area is 201 Å². The van der Waals surface area contributed by atoms with Gasteiger partial charge in [-0.2, -0.15) is 0 Å². The lowest BCUT2D eigenvalue weighted by Gasteiger charge is -2.39. The van der Waals surface area contributed by atoms with Crippen LogP contribution in [0.4, 0.5) is 0 Å². The zero-order valence-electron chi connectivity index (χ0n) is 22.2. The second-order valence-corrected chi connectivity index (χ2v) is 10.3. The van der Waals surface area contributed by atoms with Crippen molar-refractivity contribution in [2.45, 2.75) is 161 Å². The van der Waals surface area contributed by atoms with Gasteiger partial charge in [-0.3, -0.25) is 9.69 Å². The standard InChI is InChI=1S/C29H57NO2/c1-4-7-9-11-12-13-14-16-20-27-32-28(31)22-17-19-24-29(23-18-15-10-8-5-2)25-21-26-30(29)6-3/h4-27H2,1-3H3. The highest BCUT2D eigenvalue weighted by atomic mass is 16.5. The molecule has 190 valence electrons. The van der Waals surface area contributed by atoms with E-state index in [1.807, 2.05) is 0 Å². The predicted molar refractivity (Wildman–Crippen MR) is 139 cm³/mol. The van der Waals surface area contributed by atoms with Gasteiger partial charge < -0.3 is 4.74 Å². The monoisotopic (exact) mass is 451 g/mol. The molecule has 0 N–H and O–H groups in total. The average Bonchev–Trinajstić information content (AvgIpc) is 3.20. The van der Waals surface area contributed by atoms with Gasteiger partial charge in [-0.05, 0) is 51.6 Å². The van der Waals surface area contributed by atoms with E-state index >= 15 is 0 Å². The highest BCUT2D eigenvalue weighted by molar-refractivity contribution is 5.69. The Bertz CT molecular complexity index is 439. The van der Waals surface area contributed by atoms with Gasteiger partial charge >= 0.3 is 5.97 Å². The molecule has 1 heterocycles. The summed E-state index contributed by atoms with van der Waals surface area (Å²) in [6.07, 6.45) is 26.7. The molecule has 1 fully saturated rings. The van der Waals surface area contributed by atoms with E-state index in [2.05, 4.69) is 25.7 Å². The summed E-state index contributed by atoms with van der Waals surface area (Å²) in [6, 6.07) is 0. The molecule has 1 aliphatic rings. The molecule has 1 atom stereocenters. The summed E-state index contributed by atoms with van der Waals surface area (Å²) in [7, 11) is 0. The van der Waals surface area contributed by atoms with E-state index in [4.69, 9.17) is 4.74 Å². The van der Waals surface area contributed by atoms with Crippen LogP contribution < -0.4 is 0 Å². The minimum atomic E-state index is 0.0250. The summed E-state index contributed by atoms with van der Waals surface area (Å²) in [5.74, 6) is 0.0250. The molecular weight excluding hydrogens is 394 g/mol. The number of likely N-dealkylation sites (tertiary alicyclic amines) is 1. The van der Waals surface area contributed by atoms with Gasteiger partial charge in [0.25, 0.3) is 0 Å². The van der Waals surface area contributed by atoms with E-state index < -0.39 is 0 Å². The molecule has 0 aromatic rings. The van der Waals surface area contributed by atoms with Crippen molar-refractivity contribution in [1.29, 1.82) is 0 Å². The molecule has 0 aromatic heterocycles. The predicted octanol–water partition coefficient (Wildman–Crippen LogP) is 8.84. The van der Waals surface area contributed by atoms with Crippen molar-refractivity contribution < 1.29 is 9.53 Å². The van der Waals surface area contributed by atoms with Gasteiger partial charge in [0, 0.05) is 12.0 Å². The number of rotatable bonds is 22. The molecule has 1 unspecified atom stereocenters. The summed E-state index contributed by atoms with van der Waals surface area (Å²) in [4.78, 5) is 14.9. The molecule has 0 bridgehead atoms. The molecule has 32 heavy (non-hydrogen) atoms. The molecule has 0 spiro atoms. The number of carbonyl (C=O) groups excluding carboxylic acids is 1. The SMILES string of the molecule is CCCCCCCCCCCOC(=O)CCCCC1(CCCCCCC)CCCN1CC. The number of hydrogen-bond donors (Lipinski definition) is 0. The first kappa shape index (κ1) is 29.5. The molecule has 3 nitrogen and oxygen atoms in total. The van der Waals surface area contributed by atoms with E-state index in [0.717, 1.165) is 12.8 Å². The van der Waals surface area contributed by atoms with Crippen molar-refractivity contribution in [1.82, 2.24) is 4.90 Å². The Kier molecular flexibility index (Phi) is 18.3. The second-order valence-electron chi connectivity index (χ2n) is 10.3. The van der Waals surface area contributed by atoms with Crippen molar-refractivity contribution in [2.75, 3.05) is 19.7 Å². The number of nitrogens with zero attached hydrogens (tertiary/aromatic N) is 1. The van der Waals surface area contributed by atoms with Crippen LogP contribution in [0.15, 0.2) is 0 Å². The van der Waals surface area contributed by atoms with Crippen LogP contribution >= 0.6 is 0 Å². The van der Waals surface area contributed by atoms with E-state index in [1.54, 1.807) is 0 Å². The van der Waals surface area contributed by atoms with Crippen LogP contribution in [0.25, 0.3) is 0 Å². The molecule has 0 aromatic carbocycles. The molecule has 1 saturated heterocycles. The van der Waals surface area contributed by atoms with Crippen molar-refractivity contribution in [3.05, 3.63) is 0 Å². The first-order chi connectivity index (χ1) is 15.7. The number of hydrogen-bond acceptors (Lipinski definition) is 3. The lowest BCUT2D eigenvalue weighted by atomic mass is 9.84. The Morgan fingerprint density at radius 3 is 1.84 bits per heavy atom. The van der Waals surface area contributed by atoms with Crippen molar-refractivity contribution in [3.8, 4) is 0 Å². The maximum Gasteiger partial charge on any atom is 0.305 e. The lowest BCUT2D eigenvalue weighted by Crippen LogP contribution is -2.43. The number of unbranched alkanes of at least 4 members (excludes halogenated alkanes) is 13. The van der Waals surface area contributed by atoms with Crippen molar-refractivity contribution in [2.24, 2.45) is 0 Å². The molecule has 1 aliphatic heterocycles. The zero-order chi connectivity index (χ0) is 23.3. The van der Waals surface area contributed by atoms with Crippen LogP contribution in [0.5, 0.6) is 0 Å². The molecule has 1 rings (SSSR count). The normalized spacial score (nSPS) is 19.0. The second kappa shape index (κ2) is 19.9. The molecule has 0 aliphatic carbocycles. The smallest absolute Gasteiger partial charge is 0.305 e. The Hall–Kier alpha value is -0.570. The van der Waals surface area contributed by atoms with Gasteiger partial charge in [-0.1, -0.05) is 111 Å². The topological polar surface area (TPSA) is 29.5 Å². The fraction of sp³-hybridized carbons (Fsp3) is 0.966. The highest BCUT2D eigenvalue weighted by Crippen LogP contribution is 2.38. The Morgan fingerprint density at radius 1 is 0.719 bits per heavy atom. The minimum Gasteiger partial charge on any atom is -0.466 e. The van der Waals surface area contributed by atoms with Crippen LogP contribution in [-0.4, -0.2) is 36.1 Å². The van der Waals surface area contributed by atoms with Crippen LogP contribution in [0.3, 0.4) is 0 Å². The van der Waals surface area contributed by atoms with E-state index in [1.165, 1.54) is 129 Å². The molecule has 0 radical (unpaired) electrons. The third-order valence-electron chi connectivity index (χ3n) is 7.65. The third-order valence-corrected chi connectivity index (χ3v) is 7.65. The van der Waals surface area contributed by atoms with Gasteiger partial charge in [0.1, 0.15) is 0 Å². The van der Waals surface area contributed by atoms with Crippen LogP contribution in [0.2, 0.25) is 0 Å². The highest BCUT2D eigenvalue weighted by Gasteiger charge is 2.38. The fourth-order valence-electron chi connectivity index (χ4n) is 5.63. The summed E-state index contributed by atoms with van der Waals surface area (Å²) >= 11 is 0. The average molecular weight is 452 g/mol. The summed E-state index contributed by atoms with van der Waals surface area (Å²) in [5, 5.41) is 0. The third kappa shape index (κ3) is 13.2. The summed E-state index contributed by atoms with van der Waals surface area (Å²) in [6.45, 7) is 9.95. The maximum absolute atomic E-state index is 12.1. The first-order valence-corrected chi connectivity index (χ1v) is 14.6. The van der Waals surface area contributed by atoms with Crippen LogP contribution in [-0.2, 0) is 9.53 Å². The minimum absolute atomic E-state index is 0.0250. The van der Waals surface area contributed by atoms with E-state index in [9.17, 15) is 4.79 Å². The quantitative estimate of drug-likeness (QED) is 0.122. The van der Waals surface area contributed by atoms with Gasteiger partial charge in [-0.15, -0.1) is 0 Å². The molecule has 0 amide bonds. The first-order valence-electron chi connectivity index (χ1n) is 14.6. The van der Waals surface area contributed by atoms with E-state index in [-0.39, 0.29) is 5.97 Å². The van der Waals surface area contributed by atoms with Crippen LogP contribution in [0.1, 0.15) is 156 Å². The zero-order valence-corrected chi connectivity index (χ0v) is 22.2. The number of esters is 1. The van der Waals surface area contributed by atoms with Crippen molar-refractivity contribution in [3.63, 3.8) is 0 Å². The van der Waals surface area contributed by atoms with Gasteiger partial charge in [0.2, 0.25) is 0 Å². The maximum atomic E-state index is 12.1.